The second-order valence-electron chi connectivity index (χ2n) is 13.9. The van der Waals surface area contributed by atoms with Gasteiger partial charge >= 0.3 is 5.97 Å². The Kier molecular flexibility index (Phi) is 11.2. The zero-order valence-corrected chi connectivity index (χ0v) is 28.2. The maximum atomic E-state index is 14.4. The first kappa shape index (κ1) is 36.1. The van der Waals surface area contributed by atoms with Gasteiger partial charge in [-0.05, 0) is 88.8 Å². The van der Waals surface area contributed by atoms with Crippen LogP contribution in [-0.4, -0.2) is 112 Å². The van der Waals surface area contributed by atoms with Gasteiger partial charge in [-0.25, -0.2) is 13.6 Å². The number of nitrogens with zero attached hydrogens (tertiary/aromatic N) is 3. The number of nitrogens with two attached hydrogens (primary N) is 1. The van der Waals surface area contributed by atoms with Crippen LogP contribution >= 0.6 is 0 Å². The molecule has 8 atom stereocenters. The fourth-order valence-corrected chi connectivity index (χ4v) is 7.47. The number of rotatable bonds is 4. The molecule has 0 bridgehead atoms. The highest BCUT2D eigenvalue weighted by Gasteiger charge is 2.46. The Balaban J connectivity index is 1.49. The average Bonchev–Trinajstić information content (AvgIpc) is 3.46. The summed E-state index contributed by atoms with van der Waals surface area (Å²) in [5, 5.41) is 5.36. The van der Waals surface area contributed by atoms with E-state index in [1.807, 2.05) is 6.92 Å². The van der Waals surface area contributed by atoms with Crippen LogP contribution < -0.4 is 16.4 Å². The van der Waals surface area contributed by atoms with Gasteiger partial charge in [0.05, 0.1) is 6.04 Å². The minimum atomic E-state index is -1.49. The lowest BCUT2D eigenvalue weighted by Gasteiger charge is -2.43. The van der Waals surface area contributed by atoms with Gasteiger partial charge in [-0.1, -0.05) is 6.92 Å². The molecule has 5 rings (SSSR count). The van der Waals surface area contributed by atoms with E-state index in [-0.39, 0.29) is 37.4 Å². The molecule has 1 aromatic carbocycles. The number of hydrogen-bond donors (Lipinski definition) is 3. The number of fused-ring (bicyclic) bond motifs is 3. The number of carbonyl (C=O) groups excluding carboxylic acids is 6. The summed E-state index contributed by atoms with van der Waals surface area (Å²) in [6, 6.07) is -3.81. The van der Waals surface area contributed by atoms with Crippen molar-refractivity contribution in [1.29, 1.82) is 0 Å². The van der Waals surface area contributed by atoms with Gasteiger partial charge in [-0.2, -0.15) is 0 Å². The third-order valence-electron chi connectivity index (χ3n) is 10.0. The molecule has 0 aromatic heterocycles. The van der Waals surface area contributed by atoms with E-state index in [0.717, 1.165) is 12.1 Å². The van der Waals surface area contributed by atoms with Crippen molar-refractivity contribution in [3.63, 3.8) is 0 Å². The third kappa shape index (κ3) is 8.03. The van der Waals surface area contributed by atoms with Crippen molar-refractivity contribution < 1.29 is 42.3 Å². The van der Waals surface area contributed by atoms with Gasteiger partial charge in [0.15, 0.2) is 0 Å². The molecule has 0 unspecified atom stereocenters. The Morgan fingerprint density at radius 1 is 0.878 bits per heavy atom. The summed E-state index contributed by atoms with van der Waals surface area (Å²) >= 11 is 0. The zero-order chi connectivity index (χ0) is 35.6. The molecule has 4 fully saturated rings. The van der Waals surface area contributed by atoms with Crippen LogP contribution in [-0.2, 0) is 39.9 Å². The largest absolute Gasteiger partial charge is 0.458 e. The molecular formula is C34H46F2N6O7. The standard InChI is InChI=1S/C34H46F2N6O7/c1-18-12-27-34(48)49-20(3)28(39-29(43)24(37)15-21-13-22(35)16-23(36)14-21)33(47)41-11-7-5-9-26(41)32(46)40-10-6-4-8-25(40)30(44)38-19(2)31(45)42(27)17-18/h13-14,16,18-20,24-28H,4-12,15,17,37H2,1-3H3,(H,38,44)(H,39,43)/t18-,19-,20-,24-,25-,26-,27-,28-/m0/s1. The Morgan fingerprint density at radius 3 is 2.14 bits per heavy atom. The van der Waals surface area contributed by atoms with Gasteiger partial charge in [-0.15, -0.1) is 0 Å². The highest BCUT2D eigenvalue weighted by molar-refractivity contribution is 5.97. The highest BCUT2D eigenvalue weighted by Crippen LogP contribution is 2.28. The van der Waals surface area contributed by atoms with E-state index < -0.39 is 89.5 Å². The summed E-state index contributed by atoms with van der Waals surface area (Å²) in [5.41, 5.74) is 6.27. The highest BCUT2D eigenvalue weighted by atomic mass is 19.1. The Hall–Kier alpha value is -4.14. The topological polar surface area (TPSA) is 171 Å². The van der Waals surface area contributed by atoms with E-state index in [0.29, 0.717) is 51.1 Å². The van der Waals surface area contributed by atoms with E-state index in [4.69, 9.17) is 10.5 Å². The number of benzene rings is 1. The number of nitrogens with one attached hydrogen (secondary N) is 2. The van der Waals surface area contributed by atoms with Crippen molar-refractivity contribution in [2.75, 3.05) is 19.6 Å². The van der Waals surface area contributed by atoms with E-state index >= 15 is 0 Å². The van der Waals surface area contributed by atoms with E-state index in [9.17, 15) is 37.5 Å². The zero-order valence-electron chi connectivity index (χ0n) is 28.2. The fraction of sp³-hybridized carbons (Fsp3) is 0.647. The van der Waals surface area contributed by atoms with Crippen LogP contribution in [0.15, 0.2) is 18.2 Å². The summed E-state index contributed by atoms with van der Waals surface area (Å²) < 4.78 is 33.5. The maximum absolute atomic E-state index is 14.4. The van der Waals surface area contributed by atoms with Crippen LogP contribution in [0.1, 0.15) is 71.3 Å². The van der Waals surface area contributed by atoms with Crippen LogP contribution in [0.5, 0.6) is 0 Å². The molecule has 4 aliphatic rings. The number of esters is 1. The van der Waals surface area contributed by atoms with E-state index in [1.54, 1.807) is 6.92 Å². The molecular weight excluding hydrogens is 642 g/mol. The first-order chi connectivity index (χ1) is 23.2. The van der Waals surface area contributed by atoms with Crippen LogP contribution in [0.2, 0.25) is 0 Å². The minimum Gasteiger partial charge on any atom is -0.458 e. The van der Waals surface area contributed by atoms with E-state index in [2.05, 4.69) is 10.6 Å². The first-order valence-corrected chi connectivity index (χ1v) is 17.2. The maximum Gasteiger partial charge on any atom is 0.329 e. The molecule has 4 saturated heterocycles. The van der Waals surface area contributed by atoms with Crippen molar-refractivity contribution in [3.8, 4) is 0 Å². The number of ether oxygens (including phenoxy) is 1. The molecule has 5 amide bonds. The van der Waals surface area contributed by atoms with Crippen LogP contribution in [0.25, 0.3) is 0 Å². The molecule has 0 spiro atoms. The molecule has 15 heteroatoms. The number of cyclic esters (lactones) is 1. The van der Waals surface area contributed by atoms with Gasteiger partial charge in [0, 0.05) is 25.7 Å². The van der Waals surface area contributed by atoms with Gasteiger partial charge in [-0.3, -0.25) is 24.0 Å². The minimum absolute atomic E-state index is 0.0647. The monoisotopic (exact) mass is 688 g/mol. The molecule has 49 heavy (non-hydrogen) atoms. The lowest BCUT2D eigenvalue weighted by Crippen LogP contribution is -2.64. The summed E-state index contributed by atoms with van der Waals surface area (Å²) in [4.78, 5) is 87.2. The summed E-state index contributed by atoms with van der Waals surface area (Å²) in [7, 11) is 0. The second kappa shape index (κ2) is 15.2. The normalized spacial score (nSPS) is 30.9. The smallest absolute Gasteiger partial charge is 0.329 e. The van der Waals surface area contributed by atoms with Gasteiger partial charge < -0.3 is 35.8 Å². The first-order valence-electron chi connectivity index (χ1n) is 17.2. The van der Waals surface area contributed by atoms with Crippen LogP contribution in [0, 0.1) is 17.6 Å². The molecule has 268 valence electrons. The molecule has 0 saturated carbocycles. The third-order valence-corrected chi connectivity index (χ3v) is 10.0. The van der Waals surface area contributed by atoms with Gasteiger partial charge in [0.25, 0.3) is 0 Å². The predicted molar refractivity (Wildman–Crippen MR) is 171 cm³/mol. The lowest BCUT2D eigenvalue weighted by molar-refractivity contribution is -0.164. The molecule has 4 aliphatic heterocycles. The number of carbonyl (C=O) groups is 6. The molecule has 0 radical (unpaired) electrons. The molecule has 4 N–H and O–H groups in total. The quantitative estimate of drug-likeness (QED) is 0.390. The predicted octanol–water partition coefficient (Wildman–Crippen LogP) is 0.769. The molecule has 0 aliphatic carbocycles. The molecule has 13 nitrogen and oxygen atoms in total. The van der Waals surface area contributed by atoms with Crippen molar-refractivity contribution in [2.45, 2.75) is 114 Å². The van der Waals surface area contributed by atoms with Crippen molar-refractivity contribution >= 4 is 35.5 Å². The van der Waals surface area contributed by atoms with Crippen LogP contribution in [0.4, 0.5) is 8.78 Å². The molecule has 1 aromatic rings. The summed E-state index contributed by atoms with van der Waals surface area (Å²) in [6.07, 6.45) is 2.05. The lowest BCUT2D eigenvalue weighted by atomic mass is 9.95. The molecule has 4 heterocycles. The number of halogens is 2. The second-order valence-corrected chi connectivity index (χ2v) is 13.9. The Labute approximate surface area is 284 Å². The average molecular weight is 689 g/mol. The van der Waals surface area contributed by atoms with Gasteiger partial charge in [0.2, 0.25) is 29.5 Å². The number of piperidine rings is 2. The summed E-state index contributed by atoms with van der Waals surface area (Å²) in [6.45, 7) is 5.58. The van der Waals surface area contributed by atoms with Crippen molar-refractivity contribution in [3.05, 3.63) is 35.4 Å². The summed E-state index contributed by atoms with van der Waals surface area (Å²) in [5.74, 6) is -5.42. The van der Waals surface area contributed by atoms with Crippen molar-refractivity contribution in [1.82, 2.24) is 25.3 Å². The Morgan fingerprint density at radius 2 is 1.49 bits per heavy atom. The number of hydrogen-bond acceptors (Lipinski definition) is 8. The Bertz CT molecular complexity index is 1460. The van der Waals surface area contributed by atoms with Crippen LogP contribution in [0.3, 0.4) is 0 Å². The SMILES string of the molecule is C[C@H]1C[C@H]2C(=O)O[C@@H](C)[C@H](NC(=O)[C@@H](N)Cc3cc(F)cc(F)c3)C(=O)N3CCCC[C@H]3C(=O)N3CCCC[C@H]3C(=O)N[C@@H](C)C(=O)N2C1. The van der Waals surface area contributed by atoms with Gasteiger partial charge in [0.1, 0.15) is 47.9 Å². The number of amides is 5. The van der Waals surface area contributed by atoms with E-state index in [1.165, 1.54) is 21.6 Å². The fourth-order valence-electron chi connectivity index (χ4n) is 7.47. The van der Waals surface area contributed by atoms with Crippen molar-refractivity contribution in [2.24, 2.45) is 11.7 Å².